The van der Waals surface area contributed by atoms with Gasteiger partial charge in [0.2, 0.25) is 0 Å². The number of aliphatic hydroxyl groups excluding tert-OH is 1. The molecule has 1 aliphatic heterocycles. The summed E-state index contributed by atoms with van der Waals surface area (Å²) >= 11 is 0. The highest BCUT2D eigenvalue weighted by atomic mass is 16.5. The molecule has 1 fully saturated rings. The number of nitrogens with zero attached hydrogens (tertiary/aromatic N) is 5. The molecule has 0 radical (unpaired) electrons. The molecule has 9 heteroatoms. The topological polar surface area (TPSA) is 109 Å². The van der Waals surface area contributed by atoms with Crippen LogP contribution in [-0.4, -0.2) is 81.6 Å². The monoisotopic (exact) mass is 435 g/mol. The quantitative estimate of drug-likeness (QED) is 0.649. The third kappa shape index (κ3) is 4.44. The van der Waals surface area contributed by atoms with Crippen LogP contribution in [0.1, 0.15) is 38.3 Å². The predicted octanol–water partition coefficient (Wildman–Crippen LogP) is 1.61. The van der Waals surface area contributed by atoms with Gasteiger partial charge in [0.05, 0.1) is 48.4 Å². The fraction of sp³-hybridized carbons (Fsp3) is 0.348. The molecule has 1 N–H and O–H groups in total. The summed E-state index contributed by atoms with van der Waals surface area (Å²) in [5.41, 5.74) is 2.76. The molecule has 1 saturated heterocycles. The maximum atomic E-state index is 13.0. The van der Waals surface area contributed by atoms with E-state index in [4.69, 9.17) is 9.72 Å². The lowest BCUT2D eigenvalue weighted by atomic mass is 10.0. The van der Waals surface area contributed by atoms with E-state index >= 15 is 0 Å². The smallest absolute Gasteiger partial charge is 0.274 e. The summed E-state index contributed by atoms with van der Waals surface area (Å²) in [4.78, 5) is 42.1. The molecule has 166 valence electrons. The first-order valence-electron chi connectivity index (χ1n) is 10.4. The molecule has 32 heavy (non-hydrogen) atoms. The Hall–Kier alpha value is -3.43. The number of likely N-dealkylation sites (N-methyl/N-ethyl adjacent to an activating group) is 1. The van der Waals surface area contributed by atoms with E-state index in [-0.39, 0.29) is 30.7 Å². The van der Waals surface area contributed by atoms with E-state index in [0.29, 0.717) is 36.5 Å². The average Bonchev–Trinajstić information content (AvgIpc) is 2.83. The molecule has 2 aromatic heterocycles. The van der Waals surface area contributed by atoms with Crippen LogP contribution in [0.2, 0.25) is 0 Å². The Labute approximate surface area is 185 Å². The molecule has 1 atom stereocenters. The number of para-hydroxylation sites is 1. The summed E-state index contributed by atoms with van der Waals surface area (Å²) in [7, 11) is 1.65. The van der Waals surface area contributed by atoms with Crippen molar-refractivity contribution < 1.29 is 19.4 Å². The van der Waals surface area contributed by atoms with E-state index in [2.05, 4.69) is 9.97 Å². The minimum atomic E-state index is -0.481. The first-order valence-corrected chi connectivity index (χ1v) is 10.4. The Kier molecular flexibility index (Phi) is 6.38. The second-order valence-corrected chi connectivity index (χ2v) is 7.72. The van der Waals surface area contributed by atoms with Gasteiger partial charge in [0.1, 0.15) is 11.8 Å². The van der Waals surface area contributed by atoms with Crippen molar-refractivity contribution >= 4 is 22.7 Å². The van der Waals surface area contributed by atoms with Crippen molar-refractivity contribution in [3.8, 4) is 0 Å². The molecule has 0 aliphatic carbocycles. The van der Waals surface area contributed by atoms with Crippen LogP contribution < -0.4 is 0 Å². The van der Waals surface area contributed by atoms with Gasteiger partial charge in [-0.2, -0.15) is 0 Å². The number of morpholine rings is 1. The summed E-state index contributed by atoms with van der Waals surface area (Å²) in [6.07, 6.45) is 2.56. The summed E-state index contributed by atoms with van der Waals surface area (Å²) in [5, 5.41) is 9.95. The van der Waals surface area contributed by atoms with Gasteiger partial charge in [-0.15, -0.1) is 0 Å². The van der Waals surface area contributed by atoms with Crippen molar-refractivity contribution in [2.75, 3.05) is 39.9 Å². The number of carbonyl (C=O) groups is 2. The molecule has 1 aliphatic rings. The van der Waals surface area contributed by atoms with Gasteiger partial charge in [0.25, 0.3) is 11.8 Å². The highest BCUT2D eigenvalue weighted by Gasteiger charge is 2.29. The van der Waals surface area contributed by atoms with Gasteiger partial charge >= 0.3 is 0 Å². The number of aromatic nitrogens is 3. The van der Waals surface area contributed by atoms with E-state index in [1.165, 1.54) is 11.1 Å². The number of hydrogen-bond acceptors (Lipinski definition) is 7. The first kappa shape index (κ1) is 21.8. The summed E-state index contributed by atoms with van der Waals surface area (Å²) in [5.74, 6) is -0.428. The van der Waals surface area contributed by atoms with Gasteiger partial charge in [-0.1, -0.05) is 18.2 Å². The average molecular weight is 435 g/mol. The van der Waals surface area contributed by atoms with E-state index in [0.717, 1.165) is 11.1 Å². The van der Waals surface area contributed by atoms with Gasteiger partial charge in [0, 0.05) is 31.7 Å². The Bertz CT molecular complexity index is 1130. The summed E-state index contributed by atoms with van der Waals surface area (Å²) < 4.78 is 5.93. The number of amides is 2. The van der Waals surface area contributed by atoms with Crippen LogP contribution in [0.25, 0.3) is 10.9 Å². The second kappa shape index (κ2) is 9.37. The lowest BCUT2D eigenvalue weighted by molar-refractivity contribution is -0.0248. The molecule has 2 amide bonds. The summed E-state index contributed by atoms with van der Waals surface area (Å²) in [6, 6.07) is 9.13. The number of ether oxygens (including phenoxy) is 1. The Morgan fingerprint density at radius 2 is 2.06 bits per heavy atom. The largest absolute Gasteiger partial charge is 0.395 e. The normalized spacial score (nSPS) is 16.2. The number of carbonyl (C=O) groups excluding carboxylic acids is 2. The fourth-order valence-corrected chi connectivity index (χ4v) is 3.67. The van der Waals surface area contributed by atoms with Crippen LogP contribution in [0, 0.1) is 6.92 Å². The molecular weight excluding hydrogens is 410 g/mol. The van der Waals surface area contributed by atoms with Gasteiger partial charge in [-0.05, 0) is 19.1 Å². The number of fused-ring (bicyclic) bond motifs is 1. The van der Waals surface area contributed by atoms with Gasteiger partial charge < -0.3 is 19.6 Å². The van der Waals surface area contributed by atoms with Gasteiger partial charge in [-0.25, -0.2) is 9.97 Å². The minimum Gasteiger partial charge on any atom is -0.395 e. The maximum absolute atomic E-state index is 13.0. The van der Waals surface area contributed by atoms with Crippen LogP contribution in [0.3, 0.4) is 0 Å². The Morgan fingerprint density at radius 1 is 1.25 bits per heavy atom. The summed E-state index contributed by atoms with van der Waals surface area (Å²) in [6.45, 7) is 2.99. The zero-order chi connectivity index (χ0) is 22.7. The molecular formula is C23H25N5O4. The molecule has 0 bridgehead atoms. The van der Waals surface area contributed by atoms with Crippen molar-refractivity contribution in [1.29, 1.82) is 0 Å². The molecule has 0 spiro atoms. The molecule has 0 saturated carbocycles. The first-order chi connectivity index (χ1) is 15.5. The van der Waals surface area contributed by atoms with E-state index in [1.54, 1.807) is 24.2 Å². The van der Waals surface area contributed by atoms with Crippen molar-refractivity contribution in [1.82, 2.24) is 24.8 Å². The molecule has 9 nitrogen and oxygen atoms in total. The minimum absolute atomic E-state index is 0.122. The second-order valence-electron chi connectivity index (χ2n) is 7.72. The van der Waals surface area contributed by atoms with Gasteiger partial charge in [0.15, 0.2) is 0 Å². The molecule has 1 aromatic carbocycles. The van der Waals surface area contributed by atoms with Crippen LogP contribution in [0.15, 0.2) is 42.7 Å². The Morgan fingerprint density at radius 3 is 2.81 bits per heavy atom. The highest BCUT2D eigenvalue weighted by Crippen LogP contribution is 2.27. The van der Waals surface area contributed by atoms with Crippen LogP contribution >= 0.6 is 0 Å². The van der Waals surface area contributed by atoms with Crippen molar-refractivity contribution in [3.63, 3.8) is 0 Å². The number of benzene rings is 1. The zero-order valence-electron chi connectivity index (χ0n) is 18.1. The standard InChI is InChI=1S/C23H25N5O4/c1-15-12-25-20(13-24-15)23(31)28-8-10-32-21(14-28)19-11-17(22(30)27(2)7-9-29)16-5-3-4-6-18(16)26-19/h3-6,11-13,21,29H,7-10,14H2,1-2H3. The van der Waals surface area contributed by atoms with E-state index < -0.39 is 6.10 Å². The van der Waals surface area contributed by atoms with Crippen molar-refractivity contribution in [2.45, 2.75) is 13.0 Å². The zero-order valence-corrected chi connectivity index (χ0v) is 18.1. The third-order valence-electron chi connectivity index (χ3n) is 5.43. The SMILES string of the molecule is Cc1cnc(C(=O)N2CCOC(c3cc(C(=O)N(C)CCO)c4ccccc4n3)C2)cn1. The van der Waals surface area contributed by atoms with E-state index in [9.17, 15) is 14.7 Å². The molecule has 3 aromatic rings. The van der Waals surface area contributed by atoms with Crippen LogP contribution in [0.4, 0.5) is 0 Å². The fourth-order valence-electron chi connectivity index (χ4n) is 3.67. The number of rotatable bonds is 5. The number of hydrogen-bond donors (Lipinski definition) is 1. The van der Waals surface area contributed by atoms with Gasteiger partial charge in [-0.3, -0.25) is 14.6 Å². The molecule has 3 heterocycles. The van der Waals surface area contributed by atoms with Crippen LogP contribution in [-0.2, 0) is 4.74 Å². The number of pyridine rings is 1. The van der Waals surface area contributed by atoms with Crippen molar-refractivity contribution in [2.24, 2.45) is 0 Å². The highest BCUT2D eigenvalue weighted by molar-refractivity contribution is 6.06. The maximum Gasteiger partial charge on any atom is 0.274 e. The van der Waals surface area contributed by atoms with E-state index in [1.807, 2.05) is 31.2 Å². The third-order valence-corrected chi connectivity index (χ3v) is 5.43. The molecule has 1 unspecified atom stereocenters. The van der Waals surface area contributed by atoms with Crippen molar-refractivity contribution in [3.05, 3.63) is 65.4 Å². The predicted molar refractivity (Wildman–Crippen MR) is 117 cm³/mol. The lowest BCUT2D eigenvalue weighted by Gasteiger charge is -2.32. The lowest BCUT2D eigenvalue weighted by Crippen LogP contribution is -2.42. The Balaban J connectivity index is 1.64. The number of aryl methyl sites for hydroxylation is 1. The molecule has 4 rings (SSSR count). The van der Waals surface area contributed by atoms with Crippen LogP contribution in [0.5, 0.6) is 0 Å². The number of aliphatic hydroxyl groups is 1.